The minimum absolute atomic E-state index is 0.317. The smallest absolute Gasteiger partial charge is 0.131 e. The molecule has 1 aliphatic heterocycles. The van der Waals surface area contributed by atoms with Gasteiger partial charge in [0, 0.05) is 21.8 Å². The van der Waals surface area contributed by atoms with Crippen LogP contribution >= 0.6 is 23.4 Å². The maximum atomic E-state index is 14.9. The number of methoxy groups -OCH3 is 1. The van der Waals surface area contributed by atoms with Crippen LogP contribution in [0.1, 0.15) is 16.7 Å². The van der Waals surface area contributed by atoms with Crippen molar-refractivity contribution < 1.29 is 13.5 Å². The predicted octanol–water partition coefficient (Wildman–Crippen LogP) is 6.27. The van der Waals surface area contributed by atoms with Crippen molar-refractivity contribution >= 4 is 23.4 Å². The fourth-order valence-electron chi connectivity index (χ4n) is 3.78. The van der Waals surface area contributed by atoms with Crippen molar-refractivity contribution in [1.29, 1.82) is 0 Å². The van der Waals surface area contributed by atoms with Gasteiger partial charge >= 0.3 is 0 Å². The molecule has 1 heterocycles. The van der Waals surface area contributed by atoms with Gasteiger partial charge in [0.2, 0.25) is 0 Å². The van der Waals surface area contributed by atoms with Crippen molar-refractivity contribution in [2.75, 3.05) is 20.2 Å². The van der Waals surface area contributed by atoms with Crippen LogP contribution in [0.4, 0.5) is 8.78 Å². The SMILES string of the molecule is COc1ccc(F)cc1-c1ccc(CSc2c(Cl)ccc3c2CCNCC3)cc1F. The van der Waals surface area contributed by atoms with Crippen LogP contribution in [-0.4, -0.2) is 20.2 Å². The van der Waals surface area contributed by atoms with Crippen molar-refractivity contribution in [2.24, 2.45) is 0 Å². The summed E-state index contributed by atoms with van der Waals surface area (Å²) in [6.07, 6.45) is 1.92. The molecule has 1 aliphatic rings. The van der Waals surface area contributed by atoms with Gasteiger partial charge in [-0.3, -0.25) is 0 Å². The summed E-state index contributed by atoms with van der Waals surface area (Å²) in [5.41, 5.74) is 4.18. The molecule has 2 nitrogen and oxygen atoms in total. The highest BCUT2D eigenvalue weighted by molar-refractivity contribution is 7.98. The van der Waals surface area contributed by atoms with Crippen LogP contribution in [0.3, 0.4) is 0 Å². The van der Waals surface area contributed by atoms with E-state index < -0.39 is 11.6 Å². The molecular formula is C24H22ClF2NOS. The summed E-state index contributed by atoms with van der Waals surface area (Å²) in [5, 5.41) is 4.16. The van der Waals surface area contributed by atoms with Crippen molar-refractivity contribution in [3.8, 4) is 16.9 Å². The zero-order valence-electron chi connectivity index (χ0n) is 16.6. The van der Waals surface area contributed by atoms with Crippen molar-refractivity contribution in [3.05, 3.63) is 81.9 Å². The molecule has 156 valence electrons. The molecule has 1 N–H and O–H groups in total. The molecule has 4 rings (SSSR count). The molecule has 0 bridgehead atoms. The summed E-state index contributed by atoms with van der Waals surface area (Å²) >= 11 is 8.13. The maximum Gasteiger partial charge on any atom is 0.131 e. The fraction of sp³-hybridized carbons (Fsp3) is 0.250. The van der Waals surface area contributed by atoms with E-state index in [1.807, 2.05) is 12.1 Å². The van der Waals surface area contributed by atoms with Crippen LogP contribution in [0.15, 0.2) is 53.4 Å². The molecule has 0 saturated carbocycles. The standard InChI is InChI=1S/C24H22ClF2NOS/c1-29-23-7-4-17(26)13-20(23)19-5-2-15(12-22(19)27)14-30-24-18-9-11-28-10-8-16(18)3-6-21(24)25/h2-7,12-13,28H,8-11,14H2,1H3. The van der Waals surface area contributed by atoms with Gasteiger partial charge in [0.15, 0.2) is 0 Å². The quantitative estimate of drug-likeness (QED) is 0.467. The number of nitrogens with one attached hydrogen (secondary N) is 1. The normalized spacial score (nSPS) is 13.6. The Labute approximate surface area is 184 Å². The number of hydrogen-bond acceptors (Lipinski definition) is 3. The Morgan fingerprint density at radius 2 is 1.83 bits per heavy atom. The summed E-state index contributed by atoms with van der Waals surface area (Å²) in [7, 11) is 1.49. The first-order valence-electron chi connectivity index (χ1n) is 9.83. The lowest BCUT2D eigenvalue weighted by molar-refractivity contribution is 0.415. The molecule has 0 aromatic heterocycles. The molecule has 6 heteroatoms. The lowest BCUT2D eigenvalue weighted by Gasteiger charge is -2.14. The molecule has 0 saturated heterocycles. The predicted molar refractivity (Wildman–Crippen MR) is 120 cm³/mol. The van der Waals surface area contributed by atoms with Gasteiger partial charge in [0.05, 0.1) is 12.1 Å². The monoisotopic (exact) mass is 445 g/mol. The third-order valence-electron chi connectivity index (χ3n) is 5.30. The molecule has 3 aromatic rings. The van der Waals surface area contributed by atoms with Gasteiger partial charge in [0.25, 0.3) is 0 Å². The van der Waals surface area contributed by atoms with Crippen LogP contribution in [0, 0.1) is 11.6 Å². The molecule has 3 aromatic carbocycles. The lowest BCUT2D eigenvalue weighted by Crippen LogP contribution is -2.16. The Morgan fingerprint density at radius 3 is 2.63 bits per heavy atom. The van der Waals surface area contributed by atoms with Crippen LogP contribution in [0.2, 0.25) is 5.02 Å². The van der Waals surface area contributed by atoms with E-state index in [0.29, 0.717) is 22.6 Å². The van der Waals surface area contributed by atoms with Gasteiger partial charge in [-0.05, 0) is 73.0 Å². The first kappa shape index (κ1) is 21.2. The van der Waals surface area contributed by atoms with Crippen molar-refractivity contribution in [3.63, 3.8) is 0 Å². The van der Waals surface area contributed by atoms with Gasteiger partial charge in [0.1, 0.15) is 17.4 Å². The number of ether oxygens (including phenoxy) is 1. The Morgan fingerprint density at radius 1 is 1.00 bits per heavy atom. The Hall–Kier alpha value is -2.08. The van der Waals surface area contributed by atoms with Crippen LogP contribution in [-0.2, 0) is 18.6 Å². The largest absolute Gasteiger partial charge is 0.496 e. The molecule has 0 atom stereocenters. The zero-order chi connectivity index (χ0) is 21.1. The Bertz CT molecular complexity index is 1070. The van der Waals surface area contributed by atoms with E-state index in [4.69, 9.17) is 16.3 Å². The Balaban J connectivity index is 1.58. The topological polar surface area (TPSA) is 21.3 Å². The number of rotatable bonds is 5. The number of benzene rings is 3. The van der Waals surface area contributed by atoms with E-state index >= 15 is 0 Å². The van der Waals surface area contributed by atoms with Crippen LogP contribution < -0.4 is 10.1 Å². The number of hydrogen-bond donors (Lipinski definition) is 1. The summed E-state index contributed by atoms with van der Waals surface area (Å²) in [6, 6.07) is 13.2. The molecular weight excluding hydrogens is 424 g/mol. The molecule has 30 heavy (non-hydrogen) atoms. The third-order valence-corrected chi connectivity index (χ3v) is 6.96. The van der Waals surface area contributed by atoms with E-state index in [1.165, 1.54) is 42.5 Å². The van der Waals surface area contributed by atoms with E-state index in [2.05, 4.69) is 11.4 Å². The first-order chi connectivity index (χ1) is 14.6. The minimum atomic E-state index is -0.432. The first-order valence-corrected chi connectivity index (χ1v) is 11.2. The van der Waals surface area contributed by atoms with Crippen LogP contribution in [0.5, 0.6) is 5.75 Å². The van der Waals surface area contributed by atoms with Crippen LogP contribution in [0.25, 0.3) is 11.1 Å². The highest BCUT2D eigenvalue weighted by Gasteiger charge is 2.16. The Kier molecular flexibility index (Phi) is 6.61. The van der Waals surface area contributed by atoms with E-state index in [1.54, 1.807) is 17.8 Å². The minimum Gasteiger partial charge on any atom is -0.496 e. The average Bonchev–Trinajstić information content (AvgIpc) is 2.99. The van der Waals surface area contributed by atoms with Gasteiger partial charge < -0.3 is 10.1 Å². The third kappa shape index (κ3) is 4.48. The van der Waals surface area contributed by atoms with Gasteiger partial charge in [-0.1, -0.05) is 29.8 Å². The van der Waals surface area contributed by atoms with Crippen molar-refractivity contribution in [2.45, 2.75) is 23.5 Å². The average molecular weight is 446 g/mol. The zero-order valence-corrected chi connectivity index (χ0v) is 18.2. The number of fused-ring (bicyclic) bond motifs is 1. The van der Waals surface area contributed by atoms with Gasteiger partial charge in [-0.2, -0.15) is 0 Å². The van der Waals surface area contributed by atoms with E-state index in [0.717, 1.165) is 41.4 Å². The maximum absolute atomic E-state index is 14.9. The second-order valence-electron chi connectivity index (χ2n) is 7.21. The number of thioether (sulfide) groups is 1. The molecule has 0 radical (unpaired) electrons. The van der Waals surface area contributed by atoms with Crippen molar-refractivity contribution in [1.82, 2.24) is 5.32 Å². The molecule has 0 aliphatic carbocycles. The van der Waals surface area contributed by atoms with Gasteiger partial charge in [-0.25, -0.2) is 8.78 Å². The second kappa shape index (κ2) is 9.38. The second-order valence-corrected chi connectivity index (χ2v) is 8.60. The summed E-state index contributed by atoms with van der Waals surface area (Å²) in [4.78, 5) is 1.08. The molecule has 0 unspecified atom stereocenters. The van der Waals surface area contributed by atoms with Gasteiger partial charge in [-0.15, -0.1) is 11.8 Å². The molecule has 0 spiro atoms. The molecule has 0 amide bonds. The molecule has 0 fully saturated rings. The summed E-state index contributed by atoms with van der Waals surface area (Å²) in [5.74, 6) is 0.198. The van der Waals surface area contributed by atoms with E-state index in [-0.39, 0.29) is 0 Å². The summed E-state index contributed by atoms with van der Waals surface area (Å²) < 4.78 is 33.9. The lowest BCUT2D eigenvalue weighted by atomic mass is 10.0. The number of halogens is 3. The fourth-order valence-corrected chi connectivity index (χ4v) is 5.22. The highest BCUT2D eigenvalue weighted by atomic mass is 35.5. The summed E-state index contributed by atoms with van der Waals surface area (Å²) in [6.45, 7) is 1.90. The van der Waals surface area contributed by atoms with E-state index in [9.17, 15) is 8.78 Å². The highest BCUT2D eigenvalue weighted by Crippen LogP contribution is 2.37.